The summed E-state index contributed by atoms with van der Waals surface area (Å²) in [5.74, 6) is 1.32. The van der Waals surface area contributed by atoms with Gasteiger partial charge >= 0.3 is 12.0 Å². The first-order chi connectivity index (χ1) is 13.2. The minimum atomic E-state index is -0.0706. The van der Waals surface area contributed by atoms with Gasteiger partial charge in [0.05, 0.1) is 6.61 Å². The van der Waals surface area contributed by atoms with Crippen molar-refractivity contribution in [3.63, 3.8) is 0 Å². The zero-order valence-corrected chi connectivity index (χ0v) is 18.2. The van der Waals surface area contributed by atoms with Crippen LogP contribution in [0.5, 0.6) is 0 Å². The molecular weight excluding hydrogens is 378 g/mol. The van der Waals surface area contributed by atoms with Crippen LogP contribution >= 0.6 is 12.4 Å². The number of nitrogens with zero attached hydrogens (tertiary/aromatic N) is 2. The minimum absolute atomic E-state index is 0. The average Bonchev–Trinajstić information content (AvgIpc) is 3.07. The first-order valence-corrected chi connectivity index (χ1v) is 11.1. The third-order valence-corrected chi connectivity index (χ3v) is 6.71. The number of urea groups is 1. The molecule has 0 atom stereocenters. The zero-order valence-electron chi connectivity index (χ0n) is 17.4. The normalized spacial score (nSPS) is 26.2. The van der Waals surface area contributed by atoms with Gasteiger partial charge < -0.3 is 19.9 Å². The lowest BCUT2D eigenvalue weighted by molar-refractivity contribution is -0.143. The van der Waals surface area contributed by atoms with Crippen LogP contribution in [0.15, 0.2) is 0 Å². The Bertz CT molecular complexity index is 491. The molecule has 3 fully saturated rings. The van der Waals surface area contributed by atoms with Crippen molar-refractivity contribution in [1.29, 1.82) is 0 Å². The summed E-state index contributed by atoms with van der Waals surface area (Å²) in [5.41, 5.74) is 0. The SMILES string of the molecule is CCOC(=O)CCC1CCC(N2CCN(CCC3CCNCC3)C2=O)CC1.Cl. The molecule has 1 N–H and O–H groups in total. The van der Waals surface area contributed by atoms with Crippen LogP contribution in [0.4, 0.5) is 4.79 Å². The number of hydrogen-bond donors (Lipinski definition) is 1. The Kier molecular flexibility index (Phi) is 9.86. The lowest BCUT2D eigenvalue weighted by Gasteiger charge is -2.34. The van der Waals surface area contributed by atoms with Gasteiger partial charge in [0.1, 0.15) is 0 Å². The van der Waals surface area contributed by atoms with Crippen LogP contribution in [0.2, 0.25) is 0 Å². The zero-order chi connectivity index (χ0) is 19.1. The van der Waals surface area contributed by atoms with Gasteiger partial charge in [0.2, 0.25) is 0 Å². The smallest absolute Gasteiger partial charge is 0.320 e. The predicted molar refractivity (Wildman–Crippen MR) is 113 cm³/mol. The number of hydrogen-bond acceptors (Lipinski definition) is 4. The highest BCUT2D eigenvalue weighted by molar-refractivity contribution is 5.85. The largest absolute Gasteiger partial charge is 0.466 e. The standard InChI is InChI=1S/C21H37N3O3.ClH/c1-2-27-20(25)8-5-17-3-6-19(7-4-17)24-16-15-23(21(24)26)14-11-18-9-12-22-13-10-18;/h17-19,22H,2-16H2,1H3;1H. The fraction of sp³-hybridized carbons (Fsp3) is 0.905. The van der Waals surface area contributed by atoms with Gasteiger partial charge in [-0.15, -0.1) is 12.4 Å². The van der Waals surface area contributed by atoms with Crippen LogP contribution in [0.3, 0.4) is 0 Å². The van der Waals surface area contributed by atoms with Crippen LogP contribution in [0.25, 0.3) is 0 Å². The molecule has 2 amide bonds. The lowest BCUT2D eigenvalue weighted by atomic mass is 9.83. The van der Waals surface area contributed by atoms with Crippen molar-refractivity contribution in [2.45, 2.75) is 70.8 Å². The molecule has 0 bridgehead atoms. The Morgan fingerprint density at radius 2 is 1.71 bits per heavy atom. The topological polar surface area (TPSA) is 61.9 Å². The summed E-state index contributed by atoms with van der Waals surface area (Å²) in [7, 11) is 0. The van der Waals surface area contributed by atoms with Gasteiger partial charge in [-0.05, 0) is 83.2 Å². The second kappa shape index (κ2) is 11.9. The van der Waals surface area contributed by atoms with Crippen molar-refractivity contribution < 1.29 is 14.3 Å². The van der Waals surface area contributed by atoms with Crippen molar-refractivity contribution >= 4 is 24.4 Å². The van der Waals surface area contributed by atoms with E-state index in [0.29, 0.717) is 25.0 Å². The molecule has 0 aromatic heterocycles. The fourth-order valence-electron chi connectivity index (χ4n) is 4.96. The van der Waals surface area contributed by atoms with E-state index < -0.39 is 0 Å². The first-order valence-electron chi connectivity index (χ1n) is 11.1. The monoisotopic (exact) mass is 415 g/mol. The van der Waals surface area contributed by atoms with Gasteiger partial charge in [0.25, 0.3) is 0 Å². The second-order valence-corrected chi connectivity index (χ2v) is 8.46. The van der Waals surface area contributed by atoms with Crippen LogP contribution in [0, 0.1) is 11.8 Å². The number of carbonyl (C=O) groups is 2. The van der Waals surface area contributed by atoms with E-state index in [0.717, 1.165) is 77.2 Å². The van der Waals surface area contributed by atoms with Crippen LogP contribution in [-0.4, -0.2) is 67.2 Å². The summed E-state index contributed by atoms with van der Waals surface area (Å²) in [6, 6.07) is 0.666. The Morgan fingerprint density at radius 1 is 1.04 bits per heavy atom. The van der Waals surface area contributed by atoms with Crippen LogP contribution < -0.4 is 5.32 Å². The van der Waals surface area contributed by atoms with Crippen LogP contribution in [0.1, 0.15) is 64.7 Å². The molecule has 0 radical (unpaired) electrons. The Balaban J connectivity index is 0.00000280. The Morgan fingerprint density at radius 3 is 2.39 bits per heavy atom. The molecule has 1 saturated carbocycles. The first kappa shape index (κ1) is 23.3. The van der Waals surface area contributed by atoms with Crippen LogP contribution in [-0.2, 0) is 9.53 Å². The van der Waals surface area contributed by atoms with Crippen molar-refractivity contribution in [1.82, 2.24) is 15.1 Å². The van der Waals surface area contributed by atoms with Crippen molar-refractivity contribution in [3.05, 3.63) is 0 Å². The molecule has 0 unspecified atom stereocenters. The van der Waals surface area contributed by atoms with Gasteiger partial charge in [-0.25, -0.2) is 4.79 Å². The van der Waals surface area contributed by atoms with E-state index in [1.54, 1.807) is 0 Å². The van der Waals surface area contributed by atoms with E-state index in [4.69, 9.17) is 4.74 Å². The van der Waals surface area contributed by atoms with E-state index >= 15 is 0 Å². The van der Waals surface area contributed by atoms with E-state index in [-0.39, 0.29) is 24.4 Å². The summed E-state index contributed by atoms with van der Waals surface area (Å²) in [5, 5.41) is 3.41. The molecule has 0 aromatic rings. The number of carbonyl (C=O) groups excluding carboxylic acids is 2. The minimum Gasteiger partial charge on any atom is -0.466 e. The molecule has 2 saturated heterocycles. The summed E-state index contributed by atoms with van der Waals surface area (Å²) in [6.07, 6.45) is 9.55. The molecule has 0 spiro atoms. The number of esters is 1. The molecule has 6 nitrogen and oxygen atoms in total. The maximum absolute atomic E-state index is 12.8. The number of piperidine rings is 1. The fourth-order valence-corrected chi connectivity index (χ4v) is 4.96. The molecule has 3 rings (SSSR count). The quantitative estimate of drug-likeness (QED) is 0.617. The van der Waals surface area contributed by atoms with Crippen molar-refractivity contribution in [2.75, 3.05) is 39.3 Å². The highest BCUT2D eigenvalue weighted by atomic mass is 35.5. The molecular formula is C21H38ClN3O3. The molecule has 0 aromatic carbocycles. The average molecular weight is 416 g/mol. The maximum Gasteiger partial charge on any atom is 0.320 e. The van der Waals surface area contributed by atoms with E-state index in [2.05, 4.69) is 15.1 Å². The van der Waals surface area contributed by atoms with E-state index in [1.807, 2.05) is 6.92 Å². The summed E-state index contributed by atoms with van der Waals surface area (Å²) in [6.45, 7) is 7.29. The number of halogens is 1. The maximum atomic E-state index is 12.8. The number of rotatable bonds is 8. The predicted octanol–water partition coefficient (Wildman–Crippen LogP) is 3.44. The molecule has 2 aliphatic heterocycles. The van der Waals surface area contributed by atoms with E-state index in [9.17, 15) is 9.59 Å². The van der Waals surface area contributed by atoms with Crippen molar-refractivity contribution in [2.24, 2.45) is 11.8 Å². The Labute approximate surface area is 176 Å². The molecule has 7 heteroatoms. The van der Waals surface area contributed by atoms with Gasteiger partial charge in [-0.1, -0.05) is 0 Å². The molecule has 162 valence electrons. The number of nitrogens with one attached hydrogen (secondary N) is 1. The summed E-state index contributed by atoms with van der Waals surface area (Å²) < 4.78 is 5.03. The highest BCUT2D eigenvalue weighted by Gasteiger charge is 2.35. The number of amides is 2. The van der Waals surface area contributed by atoms with Gasteiger partial charge in [-0.2, -0.15) is 0 Å². The third kappa shape index (κ3) is 6.51. The summed E-state index contributed by atoms with van der Waals surface area (Å²) >= 11 is 0. The third-order valence-electron chi connectivity index (χ3n) is 6.71. The second-order valence-electron chi connectivity index (χ2n) is 8.46. The lowest BCUT2D eigenvalue weighted by Crippen LogP contribution is -2.41. The molecule has 1 aliphatic carbocycles. The van der Waals surface area contributed by atoms with Gasteiger partial charge in [-0.3, -0.25) is 4.79 Å². The molecule has 2 heterocycles. The summed E-state index contributed by atoms with van der Waals surface area (Å²) in [4.78, 5) is 28.6. The van der Waals surface area contributed by atoms with Gasteiger partial charge in [0, 0.05) is 32.1 Å². The van der Waals surface area contributed by atoms with Gasteiger partial charge in [0.15, 0.2) is 0 Å². The molecule has 3 aliphatic rings. The molecule has 28 heavy (non-hydrogen) atoms. The number of ether oxygens (including phenoxy) is 1. The van der Waals surface area contributed by atoms with Crippen molar-refractivity contribution in [3.8, 4) is 0 Å². The highest BCUT2D eigenvalue weighted by Crippen LogP contribution is 2.32. The Hall–Kier alpha value is -1.01. The van der Waals surface area contributed by atoms with E-state index in [1.165, 1.54) is 12.8 Å².